The van der Waals surface area contributed by atoms with Gasteiger partial charge in [-0.25, -0.2) is 0 Å². The molecule has 0 aromatic rings. The zero-order chi connectivity index (χ0) is 9.80. The molecule has 0 aromatic carbocycles. The number of nitrogens with one attached hydrogen (secondary N) is 1. The van der Waals surface area contributed by atoms with Crippen LogP contribution in [-0.4, -0.2) is 25.8 Å². The fraction of sp³-hybridized carbons (Fsp3) is 1.00. The maximum Gasteiger partial charge on any atom is 0.0620 e. The molecule has 1 aliphatic carbocycles. The van der Waals surface area contributed by atoms with Gasteiger partial charge < -0.3 is 10.1 Å². The van der Waals surface area contributed by atoms with E-state index < -0.39 is 0 Å². The van der Waals surface area contributed by atoms with E-state index in [4.69, 9.17) is 4.74 Å². The molecule has 2 atom stereocenters. The highest BCUT2D eigenvalue weighted by Crippen LogP contribution is 2.33. The first-order valence-electron chi connectivity index (χ1n) is 6.17. The predicted molar refractivity (Wildman–Crippen MR) is 58.3 cm³/mol. The van der Waals surface area contributed by atoms with Crippen LogP contribution in [0.1, 0.15) is 39.0 Å². The molecule has 2 heteroatoms. The Balaban J connectivity index is 1.72. The van der Waals surface area contributed by atoms with Gasteiger partial charge in [0.2, 0.25) is 0 Å². The van der Waals surface area contributed by atoms with Gasteiger partial charge in [0.25, 0.3) is 0 Å². The quantitative estimate of drug-likeness (QED) is 0.749. The van der Waals surface area contributed by atoms with Crippen LogP contribution in [0, 0.1) is 11.8 Å². The highest BCUT2D eigenvalue weighted by atomic mass is 16.5. The number of hydrogen-bond donors (Lipinski definition) is 1. The monoisotopic (exact) mass is 197 g/mol. The zero-order valence-corrected chi connectivity index (χ0v) is 9.30. The van der Waals surface area contributed by atoms with Crippen molar-refractivity contribution in [2.45, 2.75) is 45.1 Å². The minimum atomic E-state index is 0.624. The summed E-state index contributed by atoms with van der Waals surface area (Å²) in [6, 6.07) is 0.624. The van der Waals surface area contributed by atoms with Crippen molar-refractivity contribution in [2.75, 3.05) is 19.8 Å². The fourth-order valence-electron chi connectivity index (χ4n) is 2.94. The lowest BCUT2D eigenvalue weighted by molar-refractivity contribution is 0.0658. The Bertz CT molecular complexity index is 160. The van der Waals surface area contributed by atoms with Crippen molar-refractivity contribution in [3.63, 3.8) is 0 Å². The van der Waals surface area contributed by atoms with Crippen molar-refractivity contribution in [1.29, 1.82) is 0 Å². The molecule has 2 nitrogen and oxygen atoms in total. The maximum atomic E-state index is 5.48. The Morgan fingerprint density at radius 3 is 2.79 bits per heavy atom. The van der Waals surface area contributed by atoms with E-state index in [1.165, 1.54) is 32.1 Å². The van der Waals surface area contributed by atoms with Crippen molar-refractivity contribution in [3.05, 3.63) is 0 Å². The van der Waals surface area contributed by atoms with E-state index in [0.717, 1.165) is 31.6 Å². The van der Waals surface area contributed by atoms with E-state index in [1.54, 1.807) is 0 Å². The summed E-state index contributed by atoms with van der Waals surface area (Å²) in [5.41, 5.74) is 0. The lowest BCUT2D eigenvalue weighted by Gasteiger charge is -2.28. The molecule has 0 aromatic heterocycles. The van der Waals surface area contributed by atoms with E-state index in [-0.39, 0.29) is 0 Å². The van der Waals surface area contributed by atoms with E-state index in [0.29, 0.717) is 6.04 Å². The van der Waals surface area contributed by atoms with Crippen molar-refractivity contribution in [2.24, 2.45) is 11.8 Å². The third kappa shape index (κ3) is 2.71. The summed E-state index contributed by atoms with van der Waals surface area (Å²) in [6.07, 6.45) is 7.17. The maximum absolute atomic E-state index is 5.48. The minimum Gasteiger partial charge on any atom is -0.379 e. The largest absolute Gasteiger partial charge is 0.379 e. The van der Waals surface area contributed by atoms with Crippen LogP contribution in [0.2, 0.25) is 0 Å². The summed E-state index contributed by atoms with van der Waals surface area (Å²) >= 11 is 0. The van der Waals surface area contributed by atoms with Gasteiger partial charge in [0.1, 0.15) is 0 Å². The third-order valence-corrected chi connectivity index (χ3v) is 3.86. The zero-order valence-electron chi connectivity index (χ0n) is 9.30. The summed E-state index contributed by atoms with van der Waals surface area (Å²) in [7, 11) is 0. The SMILES string of the molecule is CC(CC1COCCN1)C1CCCC1. The molecule has 1 saturated heterocycles. The van der Waals surface area contributed by atoms with Gasteiger partial charge in [0.05, 0.1) is 13.2 Å². The highest BCUT2D eigenvalue weighted by molar-refractivity contribution is 4.78. The average molecular weight is 197 g/mol. The molecule has 0 bridgehead atoms. The lowest BCUT2D eigenvalue weighted by atomic mass is 9.87. The second kappa shape index (κ2) is 5.13. The van der Waals surface area contributed by atoms with E-state index in [1.807, 2.05) is 0 Å². The van der Waals surface area contributed by atoms with Gasteiger partial charge in [-0.15, -0.1) is 0 Å². The molecule has 1 aliphatic heterocycles. The van der Waals surface area contributed by atoms with Gasteiger partial charge in [-0.3, -0.25) is 0 Å². The predicted octanol–water partition coefficient (Wildman–Crippen LogP) is 2.19. The number of hydrogen-bond acceptors (Lipinski definition) is 2. The first-order valence-corrected chi connectivity index (χ1v) is 6.17. The molecule has 2 aliphatic rings. The van der Waals surface area contributed by atoms with Crippen LogP contribution in [0.25, 0.3) is 0 Å². The molecule has 0 amide bonds. The molecular weight excluding hydrogens is 174 g/mol. The van der Waals surface area contributed by atoms with Crippen LogP contribution >= 0.6 is 0 Å². The Kier molecular flexibility index (Phi) is 3.82. The summed E-state index contributed by atoms with van der Waals surface area (Å²) in [6.45, 7) is 5.29. The molecule has 1 saturated carbocycles. The van der Waals surface area contributed by atoms with Crippen molar-refractivity contribution < 1.29 is 4.74 Å². The van der Waals surface area contributed by atoms with Crippen molar-refractivity contribution in [1.82, 2.24) is 5.32 Å². The molecule has 14 heavy (non-hydrogen) atoms. The molecule has 2 unspecified atom stereocenters. The van der Waals surface area contributed by atoms with Gasteiger partial charge in [-0.05, 0) is 18.3 Å². The van der Waals surface area contributed by atoms with Crippen LogP contribution in [0.4, 0.5) is 0 Å². The summed E-state index contributed by atoms with van der Waals surface area (Å²) < 4.78 is 5.48. The van der Waals surface area contributed by atoms with Gasteiger partial charge in [0, 0.05) is 12.6 Å². The summed E-state index contributed by atoms with van der Waals surface area (Å²) in [5, 5.41) is 3.55. The Morgan fingerprint density at radius 2 is 2.14 bits per heavy atom. The number of ether oxygens (including phenoxy) is 1. The number of rotatable bonds is 3. The Hall–Kier alpha value is -0.0800. The van der Waals surface area contributed by atoms with Gasteiger partial charge in [-0.2, -0.15) is 0 Å². The molecule has 82 valence electrons. The smallest absolute Gasteiger partial charge is 0.0620 e. The fourth-order valence-corrected chi connectivity index (χ4v) is 2.94. The normalized spacial score (nSPS) is 31.9. The second-order valence-electron chi connectivity index (χ2n) is 4.98. The van der Waals surface area contributed by atoms with Gasteiger partial charge >= 0.3 is 0 Å². The van der Waals surface area contributed by atoms with E-state index >= 15 is 0 Å². The molecule has 0 spiro atoms. The summed E-state index contributed by atoms with van der Waals surface area (Å²) in [5.74, 6) is 1.88. The first kappa shape index (κ1) is 10.4. The Labute approximate surface area is 87.4 Å². The molecule has 1 heterocycles. The molecule has 0 radical (unpaired) electrons. The van der Waals surface area contributed by atoms with Gasteiger partial charge in [-0.1, -0.05) is 32.6 Å². The van der Waals surface area contributed by atoms with Gasteiger partial charge in [0.15, 0.2) is 0 Å². The van der Waals surface area contributed by atoms with Crippen LogP contribution < -0.4 is 5.32 Å². The Morgan fingerprint density at radius 1 is 1.36 bits per heavy atom. The average Bonchev–Trinajstić information content (AvgIpc) is 2.72. The lowest BCUT2D eigenvalue weighted by Crippen LogP contribution is -2.42. The van der Waals surface area contributed by atoms with Crippen molar-refractivity contribution in [3.8, 4) is 0 Å². The van der Waals surface area contributed by atoms with Crippen LogP contribution in [0.15, 0.2) is 0 Å². The van der Waals surface area contributed by atoms with E-state index in [9.17, 15) is 0 Å². The topological polar surface area (TPSA) is 21.3 Å². The van der Waals surface area contributed by atoms with E-state index in [2.05, 4.69) is 12.2 Å². The third-order valence-electron chi connectivity index (χ3n) is 3.86. The highest BCUT2D eigenvalue weighted by Gasteiger charge is 2.24. The first-order chi connectivity index (χ1) is 6.86. The van der Waals surface area contributed by atoms with Crippen molar-refractivity contribution >= 4 is 0 Å². The summed E-state index contributed by atoms with van der Waals surface area (Å²) in [4.78, 5) is 0. The molecular formula is C12H23NO. The molecule has 2 fully saturated rings. The van der Waals surface area contributed by atoms with Crippen LogP contribution in [0.3, 0.4) is 0 Å². The minimum absolute atomic E-state index is 0.624. The van der Waals surface area contributed by atoms with Crippen LogP contribution in [-0.2, 0) is 4.74 Å². The molecule has 1 N–H and O–H groups in total. The second-order valence-corrected chi connectivity index (χ2v) is 4.98. The molecule has 2 rings (SSSR count). The number of morpholine rings is 1. The van der Waals surface area contributed by atoms with Crippen LogP contribution in [0.5, 0.6) is 0 Å². The standard InChI is InChI=1S/C12H23NO/c1-10(11-4-2-3-5-11)8-12-9-14-7-6-13-12/h10-13H,2-9H2,1H3.